The summed E-state index contributed by atoms with van der Waals surface area (Å²) < 4.78 is 0. The van der Waals surface area contributed by atoms with Gasteiger partial charge in [-0.3, -0.25) is 9.98 Å². The number of likely N-dealkylation sites (tertiary alicyclic amines) is 1. The molecule has 2 heterocycles. The third-order valence-electron chi connectivity index (χ3n) is 3.10. The molecule has 0 spiro atoms. The average molecular weight is 246 g/mol. The van der Waals surface area contributed by atoms with Crippen molar-refractivity contribution in [3.8, 4) is 0 Å². The van der Waals surface area contributed by atoms with Crippen molar-refractivity contribution in [1.29, 1.82) is 0 Å². The number of nitrogens with zero attached hydrogens (tertiary/aromatic N) is 3. The second kappa shape index (κ2) is 6.99. The van der Waals surface area contributed by atoms with Crippen molar-refractivity contribution in [3.05, 3.63) is 30.1 Å². The number of aromatic nitrogens is 1. The van der Waals surface area contributed by atoms with Crippen LogP contribution in [0.5, 0.6) is 0 Å². The molecule has 0 aliphatic carbocycles. The summed E-state index contributed by atoms with van der Waals surface area (Å²) in [5.74, 6) is 1.06. The van der Waals surface area contributed by atoms with Gasteiger partial charge in [0.1, 0.15) is 0 Å². The molecule has 4 heteroatoms. The van der Waals surface area contributed by atoms with Crippen molar-refractivity contribution in [1.82, 2.24) is 15.2 Å². The average Bonchev–Trinajstić information content (AvgIpc) is 2.93. The molecule has 18 heavy (non-hydrogen) atoms. The Labute approximate surface area is 109 Å². The molecule has 1 aliphatic rings. The summed E-state index contributed by atoms with van der Waals surface area (Å²) in [7, 11) is 0. The van der Waals surface area contributed by atoms with Gasteiger partial charge >= 0.3 is 0 Å². The van der Waals surface area contributed by atoms with E-state index in [0.717, 1.165) is 44.3 Å². The van der Waals surface area contributed by atoms with E-state index in [4.69, 9.17) is 0 Å². The van der Waals surface area contributed by atoms with Crippen molar-refractivity contribution in [2.75, 3.05) is 26.2 Å². The van der Waals surface area contributed by atoms with Crippen LogP contribution >= 0.6 is 0 Å². The predicted octanol–water partition coefficient (Wildman–Crippen LogP) is 1.69. The third kappa shape index (κ3) is 3.72. The van der Waals surface area contributed by atoms with Crippen LogP contribution in [0.25, 0.3) is 0 Å². The number of nitrogens with one attached hydrogen (secondary N) is 1. The summed E-state index contributed by atoms with van der Waals surface area (Å²) in [6.45, 7) is 6.12. The lowest BCUT2D eigenvalue weighted by Gasteiger charge is -2.20. The van der Waals surface area contributed by atoms with Crippen LogP contribution in [0.3, 0.4) is 0 Å². The lowest BCUT2D eigenvalue weighted by atomic mass is 10.3. The second-order valence-corrected chi connectivity index (χ2v) is 4.50. The van der Waals surface area contributed by atoms with E-state index in [2.05, 4.69) is 33.2 Å². The molecule has 1 saturated heterocycles. The van der Waals surface area contributed by atoms with Gasteiger partial charge in [-0.1, -0.05) is 6.07 Å². The number of guanidine groups is 1. The van der Waals surface area contributed by atoms with Gasteiger partial charge in [-0.2, -0.15) is 0 Å². The van der Waals surface area contributed by atoms with Crippen LogP contribution in [0.15, 0.2) is 29.4 Å². The molecule has 1 fully saturated rings. The van der Waals surface area contributed by atoms with E-state index in [0.29, 0.717) is 0 Å². The van der Waals surface area contributed by atoms with Crippen molar-refractivity contribution in [2.45, 2.75) is 26.2 Å². The standard InChI is InChI=1S/C14H22N4/c1-2-15-14(18-11-5-6-12-18)17-10-8-13-7-3-4-9-16-13/h3-4,7,9H,2,5-6,8,10-12H2,1H3,(H,15,17). The third-order valence-corrected chi connectivity index (χ3v) is 3.10. The van der Waals surface area contributed by atoms with Gasteiger partial charge in [-0.15, -0.1) is 0 Å². The molecule has 1 aromatic heterocycles. The van der Waals surface area contributed by atoms with Crippen LogP contribution in [0.1, 0.15) is 25.5 Å². The van der Waals surface area contributed by atoms with Crippen LogP contribution in [0, 0.1) is 0 Å². The molecule has 0 aromatic carbocycles. The number of pyridine rings is 1. The van der Waals surface area contributed by atoms with Crippen molar-refractivity contribution in [2.24, 2.45) is 4.99 Å². The minimum atomic E-state index is 0.801. The minimum Gasteiger partial charge on any atom is -0.357 e. The van der Waals surface area contributed by atoms with Gasteiger partial charge in [-0.05, 0) is 31.9 Å². The van der Waals surface area contributed by atoms with Crippen LogP contribution in [0.2, 0.25) is 0 Å². The molecule has 1 aliphatic heterocycles. The van der Waals surface area contributed by atoms with E-state index in [1.54, 1.807) is 0 Å². The number of rotatable bonds is 4. The van der Waals surface area contributed by atoms with Crippen LogP contribution in [0.4, 0.5) is 0 Å². The highest BCUT2D eigenvalue weighted by atomic mass is 15.3. The van der Waals surface area contributed by atoms with E-state index >= 15 is 0 Å². The highest BCUT2D eigenvalue weighted by Gasteiger charge is 2.14. The normalized spacial score (nSPS) is 16.1. The van der Waals surface area contributed by atoms with Crippen LogP contribution in [-0.2, 0) is 6.42 Å². The summed E-state index contributed by atoms with van der Waals surface area (Å²) in [5.41, 5.74) is 1.11. The first-order valence-corrected chi connectivity index (χ1v) is 6.83. The topological polar surface area (TPSA) is 40.5 Å². The Kier molecular flexibility index (Phi) is 5.00. The summed E-state index contributed by atoms with van der Waals surface area (Å²) in [6, 6.07) is 6.02. The molecule has 2 rings (SSSR count). The Morgan fingerprint density at radius 3 is 2.89 bits per heavy atom. The lowest BCUT2D eigenvalue weighted by molar-refractivity contribution is 0.494. The van der Waals surface area contributed by atoms with Gasteiger partial charge in [0.2, 0.25) is 0 Å². The molecule has 4 nitrogen and oxygen atoms in total. The Morgan fingerprint density at radius 2 is 2.22 bits per heavy atom. The maximum absolute atomic E-state index is 4.68. The van der Waals surface area contributed by atoms with Crippen molar-refractivity contribution >= 4 is 5.96 Å². The largest absolute Gasteiger partial charge is 0.357 e. The first kappa shape index (κ1) is 12.9. The lowest BCUT2D eigenvalue weighted by Crippen LogP contribution is -2.39. The number of hydrogen-bond donors (Lipinski definition) is 1. The molecule has 0 radical (unpaired) electrons. The summed E-state index contributed by atoms with van der Waals surface area (Å²) in [5, 5.41) is 3.37. The van der Waals surface area contributed by atoms with E-state index in [1.807, 2.05) is 18.3 Å². The van der Waals surface area contributed by atoms with Gasteiger partial charge in [-0.25, -0.2) is 0 Å². The van der Waals surface area contributed by atoms with Crippen molar-refractivity contribution < 1.29 is 0 Å². The van der Waals surface area contributed by atoms with Gasteiger partial charge < -0.3 is 10.2 Å². The Hall–Kier alpha value is -1.58. The molecule has 1 aromatic rings. The minimum absolute atomic E-state index is 0.801. The second-order valence-electron chi connectivity index (χ2n) is 4.50. The summed E-state index contributed by atoms with van der Waals surface area (Å²) in [6.07, 6.45) is 5.31. The molecule has 0 unspecified atom stereocenters. The maximum atomic E-state index is 4.68. The predicted molar refractivity (Wildman–Crippen MR) is 74.7 cm³/mol. The highest BCUT2D eigenvalue weighted by molar-refractivity contribution is 5.80. The molecule has 0 saturated carbocycles. The summed E-state index contributed by atoms with van der Waals surface area (Å²) in [4.78, 5) is 11.3. The first-order chi connectivity index (χ1) is 8.90. The Bertz CT molecular complexity index is 369. The van der Waals surface area contributed by atoms with Gasteiger partial charge in [0.25, 0.3) is 0 Å². The zero-order chi connectivity index (χ0) is 12.6. The monoisotopic (exact) mass is 246 g/mol. The zero-order valence-corrected chi connectivity index (χ0v) is 11.1. The quantitative estimate of drug-likeness (QED) is 0.649. The van der Waals surface area contributed by atoms with Gasteiger partial charge in [0.15, 0.2) is 5.96 Å². The molecule has 0 atom stereocenters. The maximum Gasteiger partial charge on any atom is 0.193 e. The summed E-state index contributed by atoms with van der Waals surface area (Å²) >= 11 is 0. The fraction of sp³-hybridized carbons (Fsp3) is 0.571. The fourth-order valence-corrected chi connectivity index (χ4v) is 2.18. The van der Waals surface area contributed by atoms with Gasteiger partial charge in [0.05, 0.1) is 0 Å². The van der Waals surface area contributed by atoms with E-state index in [1.165, 1.54) is 12.8 Å². The molecule has 1 N–H and O–H groups in total. The molecule has 98 valence electrons. The molecule has 0 bridgehead atoms. The van der Waals surface area contributed by atoms with E-state index in [-0.39, 0.29) is 0 Å². The number of hydrogen-bond acceptors (Lipinski definition) is 2. The molecular weight excluding hydrogens is 224 g/mol. The van der Waals surface area contributed by atoms with Crippen LogP contribution in [-0.4, -0.2) is 42.0 Å². The SMILES string of the molecule is CCNC(=NCCc1ccccn1)N1CCCC1. The van der Waals surface area contributed by atoms with Gasteiger partial charge in [0, 0.05) is 44.5 Å². The molecule has 0 amide bonds. The number of aliphatic imine (C=N–C) groups is 1. The van der Waals surface area contributed by atoms with Crippen LogP contribution < -0.4 is 5.32 Å². The van der Waals surface area contributed by atoms with E-state index in [9.17, 15) is 0 Å². The van der Waals surface area contributed by atoms with E-state index < -0.39 is 0 Å². The Morgan fingerprint density at radius 1 is 1.39 bits per heavy atom. The van der Waals surface area contributed by atoms with Crippen molar-refractivity contribution in [3.63, 3.8) is 0 Å². The first-order valence-electron chi connectivity index (χ1n) is 6.83. The fourth-order valence-electron chi connectivity index (χ4n) is 2.18. The highest BCUT2D eigenvalue weighted by Crippen LogP contribution is 2.07. The smallest absolute Gasteiger partial charge is 0.193 e. The Balaban J connectivity index is 1.87. The zero-order valence-electron chi connectivity index (χ0n) is 11.1. The molecular formula is C14H22N4.